The summed E-state index contributed by atoms with van der Waals surface area (Å²) in [5.74, 6) is 2.57. The minimum Gasteiger partial charge on any atom is -0.491 e. The first-order valence-electron chi connectivity index (χ1n) is 6.59. The van der Waals surface area contributed by atoms with Crippen LogP contribution in [0.4, 0.5) is 0 Å². The fourth-order valence-electron chi connectivity index (χ4n) is 1.82. The van der Waals surface area contributed by atoms with Crippen LogP contribution in [0.25, 0.3) is 0 Å². The Morgan fingerprint density at radius 2 is 2.20 bits per heavy atom. The van der Waals surface area contributed by atoms with Crippen molar-refractivity contribution in [1.82, 2.24) is 10.6 Å². The first-order valence-corrected chi connectivity index (χ1v) is 7.74. The topological polar surface area (TPSA) is 59.6 Å². The molecule has 1 fully saturated rings. The van der Waals surface area contributed by atoms with Gasteiger partial charge in [-0.25, -0.2) is 0 Å². The van der Waals surface area contributed by atoms with Gasteiger partial charge in [-0.15, -0.1) is 11.8 Å². The monoisotopic (exact) mass is 296 g/mol. The van der Waals surface area contributed by atoms with E-state index in [9.17, 15) is 4.79 Å². The number of rotatable bonds is 7. The fraction of sp³-hybridized carbons (Fsp3) is 0.500. The lowest BCUT2D eigenvalue weighted by Gasteiger charge is -2.11. The maximum atomic E-state index is 11.8. The van der Waals surface area contributed by atoms with Crippen molar-refractivity contribution in [1.29, 1.82) is 0 Å². The third-order valence-corrected chi connectivity index (χ3v) is 3.92. The van der Waals surface area contributed by atoms with Crippen LogP contribution in [0.15, 0.2) is 24.3 Å². The minimum absolute atomic E-state index is 0.0587. The summed E-state index contributed by atoms with van der Waals surface area (Å²) in [6, 6.07) is 7.66. The SMILES string of the molecule is COCCOc1ccc(CNC(=O)C2CSCN2)cc1. The van der Waals surface area contributed by atoms with Crippen LogP contribution in [0, 0.1) is 0 Å². The van der Waals surface area contributed by atoms with Crippen LogP contribution in [0.2, 0.25) is 0 Å². The smallest absolute Gasteiger partial charge is 0.238 e. The molecule has 0 spiro atoms. The Balaban J connectivity index is 1.74. The van der Waals surface area contributed by atoms with E-state index in [-0.39, 0.29) is 11.9 Å². The van der Waals surface area contributed by atoms with Crippen molar-refractivity contribution in [2.75, 3.05) is 32.0 Å². The second-order valence-electron chi connectivity index (χ2n) is 4.47. The number of hydrogen-bond donors (Lipinski definition) is 2. The third kappa shape index (κ3) is 4.70. The highest BCUT2D eigenvalue weighted by atomic mass is 32.2. The molecule has 1 amide bonds. The first-order chi connectivity index (χ1) is 9.79. The van der Waals surface area contributed by atoms with Gasteiger partial charge in [0.05, 0.1) is 12.6 Å². The van der Waals surface area contributed by atoms with Crippen LogP contribution in [0.5, 0.6) is 5.75 Å². The third-order valence-electron chi connectivity index (χ3n) is 2.98. The van der Waals surface area contributed by atoms with Gasteiger partial charge in [0.2, 0.25) is 5.91 Å². The van der Waals surface area contributed by atoms with E-state index in [0.29, 0.717) is 19.8 Å². The van der Waals surface area contributed by atoms with Gasteiger partial charge in [-0.2, -0.15) is 0 Å². The molecule has 0 aliphatic carbocycles. The molecule has 1 aromatic rings. The fourth-order valence-corrected chi connectivity index (χ4v) is 2.76. The van der Waals surface area contributed by atoms with Gasteiger partial charge in [-0.05, 0) is 17.7 Å². The van der Waals surface area contributed by atoms with Crippen LogP contribution in [0.3, 0.4) is 0 Å². The zero-order valence-electron chi connectivity index (χ0n) is 11.6. The second-order valence-corrected chi connectivity index (χ2v) is 5.51. The summed E-state index contributed by atoms with van der Waals surface area (Å²) in [5, 5.41) is 6.09. The van der Waals surface area contributed by atoms with E-state index in [0.717, 1.165) is 22.9 Å². The van der Waals surface area contributed by atoms with Gasteiger partial charge in [0.15, 0.2) is 0 Å². The molecule has 1 aromatic carbocycles. The average Bonchev–Trinajstić information content (AvgIpc) is 3.01. The predicted octanol–water partition coefficient (Wildman–Crippen LogP) is 0.990. The number of nitrogens with one attached hydrogen (secondary N) is 2. The zero-order valence-corrected chi connectivity index (χ0v) is 12.4. The number of amides is 1. The van der Waals surface area contributed by atoms with E-state index >= 15 is 0 Å². The molecule has 1 aliphatic heterocycles. The molecule has 0 saturated carbocycles. The number of benzene rings is 1. The standard InChI is InChI=1S/C14H20N2O3S/c1-18-6-7-19-12-4-2-11(3-5-12)8-15-14(17)13-9-20-10-16-13/h2-5,13,16H,6-10H2,1H3,(H,15,17). The van der Waals surface area contributed by atoms with E-state index in [1.54, 1.807) is 18.9 Å². The van der Waals surface area contributed by atoms with E-state index in [1.807, 2.05) is 24.3 Å². The molecule has 20 heavy (non-hydrogen) atoms. The summed E-state index contributed by atoms with van der Waals surface area (Å²) in [5.41, 5.74) is 1.06. The summed E-state index contributed by atoms with van der Waals surface area (Å²) in [4.78, 5) is 11.8. The Morgan fingerprint density at radius 3 is 2.85 bits per heavy atom. The summed E-state index contributed by atoms with van der Waals surface area (Å²) in [7, 11) is 1.65. The summed E-state index contributed by atoms with van der Waals surface area (Å²) < 4.78 is 10.4. The van der Waals surface area contributed by atoms with E-state index in [2.05, 4.69) is 10.6 Å². The summed E-state index contributed by atoms with van der Waals surface area (Å²) in [6.45, 7) is 1.65. The number of carbonyl (C=O) groups excluding carboxylic acids is 1. The maximum Gasteiger partial charge on any atom is 0.238 e. The average molecular weight is 296 g/mol. The zero-order chi connectivity index (χ0) is 14.2. The molecule has 110 valence electrons. The van der Waals surface area contributed by atoms with Crippen molar-refractivity contribution < 1.29 is 14.3 Å². The van der Waals surface area contributed by atoms with Crippen molar-refractivity contribution in [2.45, 2.75) is 12.6 Å². The normalized spacial score (nSPS) is 17.9. The molecule has 1 aliphatic rings. The van der Waals surface area contributed by atoms with Gasteiger partial charge in [0.1, 0.15) is 12.4 Å². The van der Waals surface area contributed by atoms with E-state index in [1.165, 1.54) is 0 Å². The summed E-state index contributed by atoms with van der Waals surface area (Å²) >= 11 is 1.74. The number of carbonyl (C=O) groups is 1. The molecule has 0 bridgehead atoms. The molecule has 5 nitrogen and oxygen atoms in total. The Kier molecular flexibility index (Phi) is 6.17. The number of methoxy groups -OCH3 is 1. The molecule has 1 atom stereocenters. The van der Waals surface area contributed by atoms with Crippen LogP contribution in [-0.2, 0) is 16.1 Å². The highest BCUT2D eigenvalue weighted by molar-refractivity contribution is 7.99. The van der Waals surface area contributed by atoms with Gasteiger partial charge < -0.3 is 14.8 Å². The Bertz CT molecular complexity index is 419. The second kappa shape index (κ2) is 8.14. The van der Waals surface area contributed by atoms with Gasteiger partial charge in [0, 0.05) is 25.3 Å². The van der Waals surface area contributed by atoms with Crippen LogP contribution < -0.4 is 15.4 Å². The van der Waals surface area contributed by atoms with Crippen LogP contribution in [0.1, 0.15) is 5.56 Å². The molecule has 1 saturated heterocycles. The molecule has 6 heteroatoms. The van der Waals surface area contributed by atoms with Gasteiger partial charge >= 0.3 is 0 Å². The van der Waals surface area contributed by atoms with Crippen molar-refractivity contribution in [2.24, 2.45) is 0 Å². The van der Waals surface area contributed by atoms with E-state index < -0.39 is 0 Å². The molecule has 1 unspecified atom stereocenters. The highest BCUT2D eigenvalue weighted by Crippen LogP contribution is 2.13. The van der Waals surface area contributed by atoms with Crippen LogP contribution in [-0.4, -0.2) is 43.9 Å². The Morgan fingerprint density at radius 1 is 1.40 bits per heavy atom. The first kappa shape index (κ1) is 15.2. The van der Waals surface area contributed by atoms with Crippen molar-refractivity contribution >= 4 is 17.7 Å². The van der Waals surface area contributed by atoms with Crippen molar-refractivity contribution in [3.63, 3.8) is 0 Å². The molecule has 2 rings (SSSR count). The lowest BCUT2D eigenvalue weighted by atomic mass is 10.2. The molecule has 2 N–H and O–H groups in total. The largest absolute Gasteiger partial charge is 0.491 e. The van der Waals surface area contributed by atoms with Crippen molar-refractivity contribution in [3.8, 4) is 5.75 Å². The number of thioether (sulfide) groups is 1. The number of hydrogen-bond acceptors (Lipinski definition) is 5. The minimum atomic E-state index is -0.0587. The quantitative estimate of drug-likeness (QED) is 0.735. The Hall–Kier alpha value is -1.24. The molecule has 0 radical (unpaired) electrons. The number of ether oxygens (including phenoxy) is 2. The summed E-state index contributed by atoms with van der Waals surface area (Å²) in [6.07, 6.45) is 0. The lowest BCUT2D eigenvalue weighted by molar-refractivity contribution is -0.122. The molecular formula is C14H20N2O3S. The highest BCUT2D eigenvalue weighted by Gasteiger charge is 2.21. The lowest BCUT2D eigenvalue weighted by Crippen LogP contribution is -2.41. The van der Waals surface area contributed by atoms with Gasteiger partial charge in [-0.3, -0.25) is 10.1 Å². The Labute approximate surface area is 123 Å². The van der Waals surface area contributed by atoms with Gasteiger partial charge in [-0.1, -0.05) is 12.1 Å². The van der Waals surface area contributed by atoms with E-state index in [4.69, 9.17) is 9.47 Å². The van der Waals surface area contributed by atoms with Crippen LogP contribution >= 0.6 is 11.8 Å². The predicted molar refractivity (Wildman–Crippen MR) is 79.9 cm³/mol. The molecule has 1 heterocycles. The van der Waals surface area contributed by atoms with Crippen molar-refractivity contribution in [3.05, 3.63) is 29.8 Å². The molecule has 0 aromatic heterocycles. The van der Waals surface area contributed by atoms with Gasteiger partial charge in [0.25, 0.3) is 0 Å². The molecular weight excluding hydrogens is 276 g/mol. The maximum absolute atomic E-state index is 11.8.